The summed E-state index contributed by atoms with van der Waals surface area (Å²) >= 11 is 0. The molecule has 2 rings (SSSR count). The highest BCUT2D eigenvalue weighted by Gasteiger charge is 2.19. The molecule has 1 aromatic heterocycles. The average Bonchev–Trinajstić information content (AvgIpc) is 2.27. The molecule has 4 N–H and O–H groups in total. The van der Waals surface area contributed by atoms with E-state index in [2.05, 4.69) is 15.6 Å². The zero-order valence-electron chi connectivity index (χ0n) is 5.55. The van der Waals surface area contributed by atoms with E-state index < -0.39 is 0 Å². The van der Waals surface area contributed by atoms with Gasteiger partial charge in [-0.2, -0.15) is 4.98 Å². The highest BCUT2D eigenvalue weighted by molar-refractivity contribution is 5.98. The Labute approximate surface area is 61.8 Å². The van der Waals surface area contributed by atoms with E-state index in [9.17, 15) is 4.79 Å². The van der Waals surface area contributed by atoms with Crippen molar-refractivity contribution < 1.29 is 9.21 Å². The standard InChI is InChI=1S/C5H6N4O2/c6-5-9-3-4(11-5)8-2(10)1-7-3/h7H,1H2,(H2,6,9)(H,8,10). The van der Waals surface area contributed by atoms with Crippen LogP contribution >= 0.6 is 0 Å². The molecule has 1 aliphatic rings. The lowest BCUT2D eigenvalue weighted by Gasteiger charge is -2.10. The molecule has 0 saturated carbocycles. The van der Waals surface area contributed by atoms with E-state index in [1.165, 1.54) is 0 Å². The Morgan fingerprint density at radius 2 is 2.45 bits per heavy atom. The third-order valence-electron chi connectivity index (χ3n) is 1.31. The number of amides is 1. The predicted molar refractivity (Wildman–Crippen MR) is 38.0 cm³/mol. The molecule has 6 nitrogen and oxygen atoms in total. The number of anilines is 3. The maximum atomic E-state index is 10.7. The number of carbonyl (C=O) groups excluding carboxylic acids is 1. The molecular formula is C5H6N4O2. The first-order valence-corrected chi connectivity index (χ1v) is 3.06. The number of rotatable bonds is 0. The molecule has 0 unspecified atom stereocenters. The molecule has 0 fully saturated rings. The Hall–Kier alpha value is -1.72. The van der Waals surface area contributed by atoms with Gasteiger partial charge in [-0.25, -0.2) is 0 Å². The number of nitrogen functional groups attached to an aromatic ring is 1. The van der Waals surface area contributed by atoms with Crippen LogP contribution in [0.25, 0.3) is 0 Å². The molecule has 0 bridgehead atoms. The number of oxazole rings is 1. The van der Waals surface area contributed by atoms with Gasteiger partial charge in [0.05, 0.1) is 6.54 Å². The third-order valence-corrected chi connectivity index (χ3v) is 1.31. The molecule has 2 heterocycles. The zero-order valence-corrected chi connectivity index (χ0v) is 5.55. The lowest BCUT2D eigenvalue weighted by molar-refractivity contribution is -0.114. The minimum absolute atomic E-state index is 0.0460. The number of nitrogens with two attached hydrogens (primary N) is 1. The Balaban J connectivity index is 2.41. The van der Waals surface area contributed by atoms with Gasteiger partial charge in [0.25, 0.3) is 6.01 Å². The Morgan fingerprint density at radius 1 is 1.64 bits per heavy atom. The molecule has 0 atom stereocenters. The fourth-order valence-electron chi connectivity index (χ4n) is 0.876. The number of carbonyl (C=O) groups is 1. The van der Waals surface area contributed by atoms with Gasteiger partial charge in [-0.1, -0.05) is 0 Å². The molecule has 0 radical (unpaired) electrons. The largest absolute Gasteiger partial charge is 0.405 e. The monoisotopic (exact) mass is 154 g/mol. The normalized spacial score (nSPS) is 15.1. The SMILES string of the molecule is Nc1nc2c(o1)NC(=O)CN2. The average molecular weight is 154 g/mol. The van der Waals surface area contributed by atoms with E-state index in [0.29, 0.717) is 11.7 Å². The predicted octanol–water partition coefficient (Wildman–Crippen LogP) is -0.379. The molecule has 0 aromatic carbocycles. The van der Waals surface area contributed by atoms with Crippen LogP contribution in [0.5, 0.6) is 0 Å². The quantitative estimate of drug-likeness (QED) is 0.473. The van der Waals surface area contributed by atoms with Crippen LogP contribution in [0, 0.1) is 0 Å². The van der Waals surface area contributed by atoms with Gasteiger partial charge in [0, 0.05) is 0 Å². The van der Waals surface area contributed by atoms with Crippen LogP contribution in [-0.4, -0.2) is 17.4 Å². The van der Waals surface area contributed by atoms with Crippen molar-refractivity contribution in [2.24, 2.45) is 0 Å². The van der Waals surface area contributed by atoms with E-state index >= 15 is 0 Å². The van der Waals surface area contributed by atoms with Crippen molar-refractivity contribution in [3.05, 3.63) is 0 Å². The van der Waals surface area contributed by atoms with E-state index in [4.69, 9.17) is 10.2 Å². The Kier molecular flexibility index (Phi) is 1.03. The number of fused-ring (bicyclic) bond motifs is 1. The van der Waals surface area contributed by atoms with Gasteiger partial charge in [-0.05, 0) is 0 Å². The lowest BCUT2D eigenvalue weighted by Crippen LogP contribution is -2.26. The van der Waals surface area contributed by atoms with E-state index in [1.807, 2.05) is 0 Å². The number of hydrogen-bond donors (Lipinski definition) is 3. The van der Waals surface area contributed by atoms with Crippen LogP contribution in [0.2, 0.25) is 0 Å². The molecule has 1 aromatic rings. The summed E-state index contributed by atoms with van der Waals surface area (Å²) in [5.74, 6) is 0.620. The van der Waals surface area contributed by atoms with E-state index in [-0.39, 0.29) is 18.5 Å². The van der Waals surface area contributed by atoms with Crippen molar-refractivity contribution in [1.82, 2.24) is 4.98 Å². The Morgan fingerprint density at radius 3 is 3.27 bits per heavy atom. The van der Waals surface area contributed by atoms with Gasteiger partial charge in [-0.3, -0.25) is 10.1 Å². The molecular weight excluding hydrogens is 148 g/mol. The molecule has 11 heavy (non-hydrogen) atoms. The van der Waals surface area contributed by atoms with Crippen molar-refractivity contribution in [2.45, 2.75) is 0 Å². The third kappa shape index (κ3) is 0.878. The molecule has 6 heteroatoms. The second-order valence-electron chi connectivity index (χ2n) is 2.13. The minimum atomic E-state index is -0.159. The number of nitrogens with zero attached hydrogens (tertiary/aromatic N) is 1. The van der Waals surface area contributed by atoms with Crippen LogP contribution in [-0.2, 0) is 4.79 Å². The molecule has 0 spiro atoms. The van der Waals surface area contributed by atoms with Crippen LogP contribution in [0.3, 0.4) is 0 Å². The second kappa shape index (κ2) is 1.88. The second-order valence-corrected chi connectivity index (χ2v) is 2.13. The van der Waals surface area contributed by atoms with E-state index in [0.717, 1.165) is 0 Å². The van der Waals surface area contributed by atoms with Crippen molar-refractivity contribution in [3.63, 3.8) is 0 Å². The summed E-state index contributed by atoms with van der Waals surface area (Å²) in [4.78, 5) is 14.5. The molecule has 1 amide bonds. The van der Waals surface area contributed by atoms with Crippen LogP contribution in [0.1, 0.15) is 0 Å². The summed E-state index contributed by atoms with van der Waals surface area (Å²) in [5.41, 5.74) is 5.23. The first kappa shape index (κ1) is 6.02. The van der Waals surface area contributed by atoms with Gasteiger partial charge >= 0.3 is 0 Å². The van der Waals surface area contributed by atoms with Gasteiger partial charge in [0.15, 0.2) is 5.82 Å². The fourth-order valence-corrected chi connectivity index (χ4v) is 0.876. The van der Waals surface area contributed by atoms with Crippen molar-refractivity contribution in [3.8, 4) is 0 Å². The highest BCUT2D eigenvalue weighted by Crippen LogP contribution is 2.25. The molecule has 0 aliphatic carbocycles. The molecule has 1 aliphatic heterocycles. The van der Waals surface area contributed by atoms with Gasteiger partial charge in [-0.15, -0.1) is 0 Å². The summed E-state index contributed by atoms with van der Waals surface area (Å²) in [6, 6.07) is 0.0460. The smallest absolute Gasteiger partial charge is 0.295 e. The lowest BCUT2D eigenvalue weighted by atomic mass is 10.4. The number of aromatic nitrogens is 1. The van der Waals surface area contributed by atoms with Crippen LogP contribution in [0.15, 0.2) is 4.42 Å². The highest BCUT2D eigenvalue weighted by atomic mass is 16.4. The summed E-state index contributed by atoms with van der Waals surface area (Å²) < 4.78 is 4.85. The fraction of sp³-hybridized carbons (Fsp3) is 0.200. The zero-order chi connectivity index (χ0) is 7.84. The van der Waals surface area contributed by atoms with Crippen LogP contribution < -0.4 is 16.4 Å². The topological polar surface area (TPSA) is 93.2 Å². The van der Waals surface area contributed by atoms with Crippen molar-refractivity contribution in [2.75, 3.05) is 22.9 Å². The van der Waals surface area contributed by atoms with Crippen molar-refractivity contribution >= 4 is 23.6 Å². The minimum Gasteiger partial charge on any atom is -0.405 e. The summed E-state index contributed by atoms with van der Waals surface area (Å²) in [5, 5.41) is 5.21. The van der Waals surface area contributed by atoms with Crippen LogP contribution in [0.4, 0.5) is 17.7 Å². The van der Waals surface area contributed by atoms with Crippen molar-refractivity contribution in [1.29, 1.82) is 0 Å². The summed E-state index contributed by atoms with van der Waals surface area (Å²) in [6.07, 6.45) is 0. The number of nitrogens with one attached hydrogen (secondary N) is 2. The molecule has 0 saturated heterocycles. The molecule has 58 valence electrons. The van der Waals surface area contributed by atoms with Gasteiger partial charge in [0.2, 0.25) is 11.8 Å². The van der Waals surface area contributed by atoms with Gasteiger partial charge in [0.1, 0.15) is 0 Å². The van der Waals surface area contributed by atoms with E-state index in [1.54, 1.807) is 0 Å². The maximum absolute atomic E-state index is 10.7. The Bertz CT molecular complexity index is 305. The number of hydrogen-bond acceptors (Lipinski definition) is 5. The maximum Gasteiger partial charge on any atom is 0.295 e. The first-order valence-electron chi connectivity index (χ1n) is 3.06. The first-order chi connectivity index (χ1) is 5.25. The summed E-state index contributed by atoms with van der Waals surface area (Å²) in [7, 11) is 0. The van der Waals surface area contributed by atoms with Gasteiger partial charge < -0.3 is 15.5 Å². The summed E-state index contributed by atoms with van der Waals surface area (Å²) in [6.45, 7) is 0.207.